The van der Waals surface area contributed by atoms with Crippen molar-refractivity contribution in [1.82, 2.24) is 15.3 Å². The first-order valence-corrected chi connectivity index (χ1v) is 9.60. The molecule has 1 heterocycles. The average Bonchev–Trinajstić information content (AvgIpc) is 2.73. The third-order valence-electron chi connectivity index (χ3n) is 4.49. The van der Waals surface area contributed by atoms with Gasteiger partial charge in [-0.15, -0.1) is 0 Å². The number of carbonyl (C=O) groups is 1. The van der Waals surface area contributed by atoms with Gasteiger partial charge in [-0.2, -0.15) is 0 Å². The van der Waals surface area contributed by atoms with E-state index in [2.05, 4.69) is 20.6 Å². The molecule has 0 fully saturated rings. The molecule has 0 atom stereocenters. The van der Waals surface area contributed by atoms with Crippen molar-refractivity contribution in [3.63, 3.8) is 0 Å². The Kier molecular flexibility index (Phi) is 6.79. The molecular formula is C23H26N4O2. The summed E-state index contributed by atoms with van der Waals surface area (Å²) in [6.07, 6.45) is 0.795. The molecule has 0 bridgehead atoms. The zero-order valence-electron chi connectivity index (χ0n) is 17.0. The lowest BCUT2D eigenvalue weighted by atomic mass is 10.1. The molecule has 0 saturated heterocycles. The maximum Gasteiger partial charge on any atom is 0.270 e. The summed E-state index contributed by atoms with van der Waals surface area (Å²) < 4.78 is 5.25. The number of aryl methyl sites for hydroxylation is 2. The number of aromatic nitrogens is 2. The SMILES string of the molecule is COc1cccc(CCNc2nc(C)cc(C(=O)NCc3ccc(C)cc3)n2)c1. The molecule has 0 aliphatic carbocycles. The molecule has 0 radical (unpaired) electrons. The van der Waals surface area contributed by atoms with E-state index < -0.39 is 0 Å². The predicted octanol–water partition coefficient (Wildman–Crippen LogP) is 3.69. The molecule has 6 nitrogen and oxygen atoms in total. The van der Waals surface area contributed by atoms with Gasteiger partial charge in [-0.1, -0.05) is 42.0 Å². The van der Waals surface area contributed by atoms with Crippen LogP contribution >= 0.6 is 0 Å². The van der Waals surface area contributed by atoms with Crippen LogP contribution in [0, 0.1) is 13.8 Å². The summed E-state index contributed by atoms with van der Waals surface area (Å²) in [5.74, 6) is 1.07. The zero-order valence-corrected chi connectivity index (χ0v) is 17.0. The van der Waals surface area contributed by atoms with Gasteiger partial charge in [0.1, 0.15) is 11.4 Å². The number of hydrogen-bond acceptors (Lipinski definition) is 5. The largest absolute Gasteiger partial charge is 0.497 e. The van der Waals surface area contributed by atoms with Gasteiger partial charge in [0.15, 0.2) is 0 Å². The average molecular weight is 390 g/mol. The van der Waals surface area contributed by atoms with Gasteiger partial charge in [0.25, 0.3) is 5.91 Å². The van der Waals surface area contributed by atoms with E-state index in [9.17, 15) is 4.79 Å². The third-order valence-corrected chi connectivity index (χ3v) is 4.49. The number of nitrogens with one attached hydrogen (secondary N) is 2. The number of amides is 1. The molecule has 1 aromatic heterocycles. The van der Waals surface area contributed by atoms with E-state index >= 15 is 0 Å². The fraction of sp³-hybridized carbons (Fsp3) is 0.261. The van der Waals surface area contributed by atoms with E-state index in [-0.39, 0.29) is 5.91 Å². The smallest absolute Gasteiger partial charge is 0.270 e. The van der Waals surface area contributed by atoms with Crippen molar-refractivity contribution >= 4 is 11.9 Å². The number of rotatable bonds is 8. The molecule has 0 saturated carbocycles. The Labute approximate surface area is 171 Å². The van der Waals surface area contributed by atoms with Crippen LogP contribution in [0.3, 0.4) is 0 Å². The second kappa shape index (κ2) is 9.68. The van der Waals surface area contributed by atoms with Crippen LogP contribution in [-0.4, -0.2) is 29.5 Å². The fourth-order valence-electron chi connectivity index (χ4n) is 2.89. The van der Waals surface area contributed by atoms with Crippen LogP contribution in [0.5, 0.6) is 5.75 Å². The van der Waals surface area contributed by atoms with Gasteiger partial charge in [0.05, 0.1) is 7.11 Å². The van der Waals surface area contributed by atoms with Gasteiger partial charge in [0.2, 0.25) is 5.95 Å². The van der Waals surface area contributed by atoms with Crippen LogP contribution in [0.1, 0.15) is 32.9 Å². The van der Waals surface area contributed by atoms with Crippen molar-refractivity contribution in [2.24, 2.45) is 0 Å². The second-order valence-corrected chi connectivity index (χ2v) is 6.91. The van der Waals surface area contributed by atoms with E-state index in [0.717, 1.165) is 29.0 Å². The van der Waals surface area contributed by atoms with Crippen LogP contribution in [-0.2, 0) is 13.0 Å². The van der Waals surface area contributed by atoms with Gasteiger partial charge >= 0.3 is 0 Å². The van der Waals surface area contributed by atoms with Crippen LogP contribution in [0.15, 0.2) is 54.6 Å². The highest BCUT2D eigenvalue weighted by Crippen LogP contribution is 2.13. The fourth-order valence-corrected chi connectivity index (χ4v) is 2.89. The van der Waals surface area contributed by atoms with E-state index in [1.54, 1.807) is 13.2 Å². The minimum atomic E-state index is -0.216. The first-order chi connectivity index (χ1) is 14.0. The number of anilines is 1. The molecule has 150 valence electrons. The molecule has 3 rings (SSSR count). The molecule has 0 aliphatic rings. The summed E-state index contributed by atoms with van der Waals surface area (Å²) in [5, 5.41) is 6.12. The zero-order chi connectivity index (χ0) is 20.6. The van der Waals surface area contributed by atoms with Crippen LogP contribution in [0.4, 0.5) is 5.95 Å². The summed E-state index contributed by atoms with van der Waals surface area (Å²) in [7, 11) is 1.66. The monoisotopic (exact) mass is 390 g/mol. The first kappa shape index (κ1) is 20.3. The van der Waals surface area contributed by atoms with Crippen molar-refractivity contribution in [1.29, 1.82) is 0 Å². The van der Waals surface area contributed by atoms with Gasteiger partial charge < -0.3 is 15.4 Å². The summed E-state index contributed by atoms with van der Waals surface area (Å²) in [6, 6.07) is 17.7. The Hall–Kier alpha value is -3.41. The molecular weight excluding hydrogens is 364 g/mol. The van der Waals surface area contributed by atoms with Crippen molar-refractivity contribution < 1.29 is 9.53 Å². The lowest BCUT2D eigenvalue weighted by Crippen LogP contribution is -2.24. The number of nitrogens with zero attached hydrogens (tertiary/aromatic N) is 2. The predicted molar refractivity (Wildman–Crippen MR) is 114 cm³/mol. The molecule has 29 heavy (non-hydrogen) atoms. The Morgan fingerprint density at radius 3 is 2.55 bits per heavy atom. The quantitative estimate of drug-likeness (QED) is 0.614. The number of hydrogen-bond donors (Lipinski definition) is 2. The summed E-state index contributed by atoms with van der Waals surface area (Å²) in [6.45, 7) is 5.00. The third kappa shape index (κ3) is 6.04. The highest BCUT2D eigenvalue weighted by Gasteiger charge is 2.10. The Morgan fingerprint density at radius 2 is 1.79 bits per heavy atom. The maximum atomic E-state index is 12.5. The van der Waals surface area contributed by atoms with E-state index in [0.29, 0.717) is 24.7 Å². The van der Waals surface area contributed by atoms with E-state index in [1.165, 1.54) is 5.56 Å². The molecule has 2 N–H and O–H groups in total. The summed E-state index contributed by atoms with van der Waals surface area (Å²) >= 11 is 0. The summed E-state index contributed by atoms with van der Waals surface area (Å²) in [5.41, 5.74) is 4.49. The highest BCUT2D eigenvalue weighted by molar-refractivity contribution is 5.92. The van der Waals surface area contributed by atoms with Gasteiger partial charge in [-0.3, -0.25) is 4.79 Å². The molecule has 6 heteroatoms. The van der Waals surface area contributed by atoms with E-state index in [4.69, 9.17) is 4.74 Å². The Balaban J connectivity index is 1.58. The van der Waals surface area contributed by atoms with E-state index in [1.807, 2.05) is 62.4 Å². The second-order valence-electron chi connectivity index (χ2n) is 6.91. The molecule has 0 spiro atoms. The Bertz CT molecular complexity index is 971. The standard InChI is InChI=1S/C23H26N4O2/c1-16-7-9-19(10-8-16)15-25-22(28)21-13-17(2)26-23(27-21)24-12-11-18-5-4-6-20(14-18)29-3/h4-10,13-14H,11-12,15H2,1-3H3,(H,25,28)(H,24,26,27). The maximum absolute atomic E-state index is 12.5. The van der Waals surface area contributed by atoms with Crippen LogP contribution in [0.25, 0.3) is 0 Å². The lowest BCUT2D eigenvalue weighted by molar-refractivity contribution is 0.0945. The molecule has 2 aromatic carbocycles. The number of methoxy groups -OCH3 is 1. The normalized spacial score (nSPS) is 10.4. The minimum absolute atomic E-state index is 0.216. The summed E-state index contributed by atoms with van der Waals surface area (Å²) in [4.78, 5) is 21.3. The van der Waals surface area contributed by atoms with Crippen LogP contribution < -0.4 is 15.4 Å². The van der Waals surface area contributed by atoms with Crippen molar-refractivity contribution in [2.75, 3.05) is 19.0 Å². The number of benzene rings is 2. The van der Waals surface area contributed by atoms with Gasteiger partial charge in [0, 0.05) is 18.8 Å². The first-order valence-electron chi connectivity index (χ1n) is 9.60. The number of carbonyl (C=O) groups excluding carboxylic acids is 1. The number of ether oxygens (including phenoxy) is 1. The highest BCUT2D eigenvalue weighted by atomic mass is 16.5. The minimum Gasteiger partial charge on any atom is -0.497 e. The molecule has 1 amide bonds. The van der Waals surface area contributed by atoms with Crippen molar-refractivity contribution in [3.05, 3.63) is 82.7 Å². The molecule has 0 unspecified atom stereocenters. The van der Waals surface area contributed by atoms with Gasteiger partial charge in [-0.25, -0.2) is 9.97 Å². The van der Waals surface area contributed by atoms with Crippen molar-refractivity contribution in [2.45, 2.75) is 26.8 Å². The van der Waals surface area contributed by atoms with Crippen LogP contribution in [0.2, 0.25) is 0 Å². The van der Waals surface area contributed by atoms with Crippen molar-refractivity contribution in [3.8, 4) is 5.75 Å². The molecule has 3 aromatic rings. The topological polar surface area (TPSA) is 76.1 Å². The molecule has 0 aliphatic heterocycles. The lowest BCUT2D eigenvalue weighted by Gasteiger charge is -2.10. The Morgan fingerprint density at radius 1 is 1.00 bits per heavy atom. The van der Waals surface area contributed by atoms with Gasteiger partial charge in [-0.05, 0) is 49.6 Å².